The first kappa shape index (κ1) is 15.7. The lowest BCUT2D eigenvalue weighted by Gasteiger charge is -1.67. The molecule has 0 unspecified atom stereocenters. The summed E-state index contributed by atoms with van der Waals surface area (Å²) in [4.78, 5) is 0. The molecule has 0 fully saturated rings. The van der Waals surface area contributed by atoms with Crippen molar-refractivity contribution in [2.24, 2.45) is 5.73 Å². The predicted molar refractivity (Wildman–Crippen MR) is 43.6 cm³/mol. The molecule has 0 saturated carbocycles. The summed E-state index contributed by atoms with van der Waals surface area (Å²) in [6.45, 7) is 5.56. The van der Waals surface area contributed by atoms with Crippen LogP contribution in [0.5, 0.6) is 0 Å². The second-order valence-electron chi connectivity index (χ2n) is 0.827. The van der Waals surface area contributed by atoms with E-state index in [1.54, 1.807) is 6.92 Å². The zero-order chi connectivity index (χ0) is 8.28. The van der Waals surface area contributed by atoms with Crippen molar-refractivity contribution in [2.75, 3.05) is 7.05 Å². The van der Waals surface area contributed by atoms with E-state index < -0.39 is 0 Å². The molecule has 0 heterocycles. The fourth-order valence-electron chi connectivity index (χ4n) is 0. The molecule has 4 N–H and O–H groups in total. The van der Waals surface area contributed by atoms with E-state index in [1.165, 1.54) is 7.05 Å². The van der Waals surface area contributed by atoms with Crippen molar-refractivity contribution >= 4 is 11.9 Å². The van der Waals surface area contributed by atoms with Gasteiger partial charge in [-0.3, -0.25) is 0 Å². The van der Waals surface area contributed by atoms with E-state index in [4.69, 9.17) is 10.8 Å². The number of nitrogens with two attached hydrogens (primary N) is 1. The molecular formula is C6H17N3. The van der Waals surface area contributed by atoms with Crippen LogP contribution in [-0.4, -0.2) is 19.0 Å². The molecule has 0 bridgehead atoms. The minimum atomic E-state index is 0.296. The third-order valence-corrected chi connectivity index (χ3v) is 0.217. The Morgan fingerprint density at radius 2 is 1.44 bits per heavy atom. The van der Waals surface area contributed by atoms with Gasteiger partial charge < -0.3 is 16.6 Å². The third kappa shape index (κ3) is 121. The third-order valence-electron chi connectivity index (χ3n) is 0.217. The minimum Gasteiger partial charge on any atom is -0.333 e. The standard InChI is InChI=1S/C3H6N2.C2H6.CH5N/c1-3(5)2-4;2*1-2/h2,4-5H,1H3;1-2H3;2H2,1H3. The van der Waals surface area contributed by atoms with Crippen molar-refractivity contribution in [2.45, 2.75) is 20.8 Å². The molecule has 0 spiro atoms. The summed E-state index contributed by atoms with van der Waals surface area (Å²) < 4.78 is 0. The molecule has 0 aromatic carbocycles. The van der Waals surface area contributed by atoms with Crippen LogP contribution in [0.1, 0.15) is 20.8 Å². The summed E-state index contributed by atoms with van der Waals surface area (Å²) in [5, 5.41) is 12.8. The highest BCUT2D eigenvalue weighted by atomic mass is 14.4. The number of rotatable bonds is 1. The first-order valence-corrected chi connectivity index (χ1v) is 2.90. The number of hydrogen-bond donors (Lipinski definition) is 3. The summed E-state index contributed by atoms with van der Waals surface area (Å²) >= 11 is 0. The number of hydrogen-bond acceptors (Lipinski definition) is 3. The molecule has 3 heteroatoms. The summed E-state index contributed by atoms with van der Waals surface area (Å²) in [5.74, 6) is 0. The van der Waals surface area contributed by atoms with Crippen LogP contribution < -0.4 is 5.73 Å². The van der Waals surface area contributed by atoms with Gasteiger partial charge in [0.1, 0.15) is 0 Å². The van der Waals surface area contributed by atoms with Gasteiger partial charge in [0.25, 0.3) is 0 Å². The van der Waals surface area contributed by atoms with Crippen LogP contribution in [0.25, 0.3) is 0 Å². The summed E-state index contributed by atoms with van der Waals surface area (Å²) in [6, 6.07) is 0. The molecule has 56 valence electrons. The summed E-state index contributed by atoms with van der Waals surface area (Å²) in [6.07, 6.45) is 1.00. The van der Waals surface area contributed by atoms with Gasteiger partial charge in [-0.2, -0.15) is 0 Å². The first-order chi connectivity index (χ1) is 4.27. The van der Waals surface area contributed by atoms with E-state index in [0.717, 1.165) is 6.21 Å². The van der Waals surface area contributed by atoms with Crippen molar-refractivity contribution in [1.82, 2.24) is 0 Å². The van der Waals surface area contributed by atoms with E-state index >= 15 is 0 Å². The highest BCUT2D eigenvalue weighted by molar-refractivity contribution is 6.26. The Kier molecular flexibility index (Phi) is 46.5. The second kappa shape index (κ2) is 26.6. The second-order valence-corrected chi connectivity index (χ2v) is 0.827. The van der Waals surface area contributed by atoms with E-state index in [1.807, 2.05) is 13.8 Å². The van der Waals surface area contributed by atoms with Gasteiger partial charge in [0, 0.05) is 11.9 Å². The highest BCUT2D eigenvalue weighted by Gasteiger charge is 1.65. The van der Waals surface area contributed by atoms with E-state index in [-0.39, 0.29) is 0 Å². The average Bonchev–Trinajstić information content (AvgIpc) is 1.97. The van der Waals surface area contributed by atoms with Gasteiger partial charge in [-0.05, 0) is 14.0 Å². The highest BCUT2D eigenvalue weighted by Crippen LogP contribution is 1.51. The summed E-state index contributed by atoms with van der Waals surface area (Å²) in [7, 11) is 1.50. The largest absolute Gasteiger partial charge is 0.333 e. The molecule has 0 rings (SSSR count). The van der Waals surface area contributed by atoms with E-state index in [9.17, 15) is 0 Å². The Bertz CT molecular complexity index is 59.3. The zero-order valence-corrected chi connectivity index (χ0v) is 6.65. The van der Waals surface area contributed by atoms with Gasteiger partial charge in [-0.1, -0.05) is 13.8 Å². The molecule has 0 saturated heterocycles. The predicted octanol–water partition coefficient (Wildman–Crippen LogP) is 1.28. The Morgan fingerprint density at radius 1 is 1.33 bits per heavy atom. The maximum atomic E-state index is 6.50. The first-order valence-electron chi connectivity index (χ1n) is 2.90. The maximum absolute atomic E-state index is 6.50. The lowest BCUT2D eigenvalue weighted by Crippen LogP contribution is -1.82. The van der Waals surface area contributed by atoms with Gasteiger partial charge in [0.15, 0.2) is 0 Å². The van der Waals surface area contributed by atoms with Gasteiger partial charge in [0.2, 0.25) is 0 Å². The van der Waals surface area contributed by atoms with Crippen LogP contribution in [0, 0.1) is 10.8 Å². The maximum Gasteiger partial charge on any atom is 0.0458 e. The van der Waals surface area contributed by atoms with Crippen LogP contribution in [0.2, 0.25) is 0 Å². The molecule has 9 heavy (non-hydrogen) atoms. The van der Waals surface area contributed by atoms with Crippen LogP contribution >= 0.6 is 0 Å². The Morgan fingerprint density at radius 3 is 1.44 bits per heavy atom. The van der Waals surface area contributed by atoms with Crippen LogP contribution in [0.15, 0.2) is 0 Å². The zero-order valence-electron chi connectivity index (χ0n) is 6.65. The Hall–Kier alpha value is -0.700. The number of nitrogens with one attached hydrogen (secondary N) is 2. The van der Waals surface area contributed by atoms with E-state index in [0.29, 0.717) is 5.71 Å². The molecular weight excluding hydrogens is 114 g/mol. The van der Waals surface area contributed by atoms with Gasteiger partial charge in [-0.25, -0.2) is 0 Å². The minimum absolute atomic E-state index is 0.296. The van der Waals surface area contributed by atoms with Crippen LogP contribution in [0.3, 0.4) is 0 Å². The monoisotopic (exact) mass is 131 g/mol. The summed E-state index contributed by atoms with van der Waals surface area (Å²) in [5.41, 5.74) is 4.80. The molecule has 0 aromatic heterocycles. The fourth-order valence-corrected chi connectivity index (χ4v) is 0. The molecule has 3 nitrogen and oxygen atoms in total. The van der Waals surface area contributed by atoms with Crippen LogP contribution in [-0.2, 0) is 0 Å². The molecule has 0 aromatic rings. The molecule has 0 aliphatic carbocycles. The van der Waals surface area contributed by atoms with Crippen LogP contribution in [0.4, 0.5) is 0 Å². The van der Waals surface area contributed by atoms with Gasteiger partial charge >= 0.3 is 0 Å². The normalized spacial score (nSPS) is 5.00. The van der Waals surface area contributed by atoms with Crippen molar-refractivity contribution in [3.63, 3.8) is 0 Å². The molecule has 0 amide bonds. The Labute approximate surface area is 57.3 Å². The lowest BCUT2D eigenvalue weighted by molar-refractivity contribution is 1.48. The van der Waals surface area contributed by atoms with Crippen molar-refractivity contribution in [1.29, 1.82) is 10.8 Å². The average molecular weight is 131 g/mol. The quantitative estimate of drug-likeness (QED) is 0.461. The van der Waals surface area contributed by atoms with Crippen molar-refractivity contribution in [3.05, 3.63) is 0 Å². The fraction of sp³-hybridized carbons (Fsp3) is 0.667. The van der Waals surface area contributed by atoms with Crippen molar-refractivity contribution in [3.8, 4) is 0 Å². The van der Waals surface area contributed by atoms with Gasteiger partial charge in [-0.15, -0.1) is 0 Å². The van der Waals surface area contributed by atoms with E-state index in [2.05, 4.69) is 5.73 Å². The molecule has 0 aliphatic heterocycles. The SMILES string of the molecule is CC.CC(=N)C=N.CN. The Balaban J connectivity index is -0.0000000771. The molecule has 0 aliphatic rings. The molecule has 0 atom stereocenters. The lowest BCUT2D eigenvalue weighted by atomic mass is 10.5. The molecule has 0 radical (unpaired) electrons. The topological polar surface area (TPSA) is 73.7 Å². The smallest absolute Gasteiger partial charge is 0.0458 e. The van der Waals surface area contributed by atoms with Gasteiger partial charge in [0.05, 0.1) is 0 Å². The van der Waals surface area contributed by atoms with Crippen molar-refractivity contribution < 1.29 is 0 Å².